The molecule has 0 saturated heterocycles. The van der Waals surface area contributed by atoms with Crippen molar-refractivity contribution >= 4 is 27.3 Å². The number of fused-ring (bicyclic) bond motifs is 1. The number of benzene rings is 2. The summed E-state index contributed by atoms with van der Waals surface area (Å²) in [6.45, 7) is 0. The van der Waals surface area contributed by atoms with Crippen LogP contribution in [0.4, 0.5) is 5.69 Å². The minimum absolute atomic E-state index is 0.0179. The van der Waals surface area contributed by atoms with Crippen LogP contribution in [0.25, 0.3) is 15.8 Å². The number of hydrogen-bond acceptors (Lipinski definition) is 5. The fourth-order valence-electron chi connectivity index (χ4n) is 1.92. The summed E-state index contributed by atoms with van der Waals surface area (Å²) in [5.41, 5.74) is -0.145. The number of phenolic OH excluding ortho intramolecular Hbond substituents is 1. The van der Waals surface area contributed by atoms with Crippen molar-refractivity contribution in [2.45, 2.75) is 0 Å². The average molecular weight is 288 g/mol. The first-order valence-corrected chi connectivity index (χ1v) is 6.44. The minimum Gasteiger partial charge on any atom is -0.506 e. The van der Waals surface area contributed by atoms with Gasteiger partial charge in [0.25, 0.3) is 11.2 Å². The van der Waals surface area contributed by atoms with Crippen LogP contribution in [0.5, 0.6) is 5.75 Å². The van der Waals surface area contributed by atoms with Crippen LogP contribution in [0.3, 0.4) is 0 Å². The molecule has 0 atom stereocenters. The lowest BCUT2D eigenvalue weighted by Gasteiger charge is -2.01. The van der Waals surface area contributed by atoms with Gasteiger partial charge in [-0.25, -0.2) is 3.96 Å². The van der Waals surface area contributed by atoms with E-state index in [0.717, 1.165) is 11.5 Å². The topological polar surface area (TPSA) is 85.4 Å². The number of para-hydroxylation sites is 2. The van der Waals surface area contributed by atoms with Crippen LogP contribution in [0.1, 0.15) is 0 Å². The second-order valence-electron chi connectivity index (χ2n) is 4.12. The number of nitro groups is 1. The van der Waals surface area contributed by atoms with E-state index in [0.29, 0.717) is 10.4 Å². The van der Waals surface area contributed by atoms with Crippen LogP contribution in [0, 0.1) is 10.1 Å². The molecule has 0 aliphatic rings. The highest BCUT2D eigenvalue weighted by molar-refractivity contribution is 7.14. The monoisotopic (exact) mass is 288 g/mol. The quantitative estimate of drug-likeness (QED) is 0.580. The molecule has 2 aromatic carbocycles. The molecule has 3 aromatic rings. The van der Waals surface area contributed by atoms with Crippen LogP contribution in [0.2, 0.25) is 0 Å². The fraction of sp³-hybridized carbons (Fsp3) is 0. The standard InChI is InChI=1S/C13H8N2O4S/c16-11-4-2-1-3-10(11)14-13(17)9-7-8(15(18)19)5-6-12(9)20-14/h1-7,16H. The van der Waals surface area contributed by atoms with Gasteiger partial charge in [0.1, 0.15) is 11.4 Å². The number of rotatable bonds is 2. The van der Waals surface area contributed by atoms with Crippen molar-refractivity contribution in [3.05, 3.63) is 62.9 Å². The molecule has 0 saturated carbocycles. The summed E-state index contributed by atoms with van der Waals surface area (Å²) in [4.78, 5) is 22.5. The maximum atomic E-state index is 12.3. The SMILES string of the molecule is O=c1c2cc([N+](=O)[O-])ccc2sn1-c1ccccc1O. The Balaban J connectivity index is 2.29. The Morgan fingerprint density at radius 2 is 1.95 bits per heavy atom. The molecule has 0 aliphatic carbocycles. The molecule has 0 spiro atoms. The second-order valence-corrected chi connectivity index (χ2v) is 5.10. The van der Waals surface area contributed by atoms with Crippen molar-refractivity contribution in [1.82, 2.24) is 3.96 Å². The second kappa shape index (κ2) is 4.46. The van der Waals surface area contributed by atoms with Crippen molar-refractivity contribution in [3.8, 4) is 11.4 Å². The van der Waals surface area contributed by atoms with Gasteiger partial charge in [-0.15, -0.1) is 0 Å². The number of nitrogens with zero attached hydrogens (tertiary/aromatic N) is 2. The Morgan fingerprint density at radius 1 is 1.20 bits per heavy atom. The van der Waals surface area contributed by atoms with Crippen molar-refractivity contribution in [2.75, 3.05) is 0 Å². The van der Waals surface area contributed by atoms with Gasteiger partial charge in [-0.3, -0.25) is 14.9 Å². The van der Waals surface area contributed by atoms with E-state index in [9.17, 15) is 20.0 Å². The molecule has 1 N–H and O–H groups in total. The number of aromatic hydroxyl groups is 1. The normalized spacial score (nSPS) is 10.8. The highest BCUT2D eigenvalue weighted by Gasteiger charge is 2.15. The summed E-state index contributed by atoms with van der Waals surface area (Å²) in [5.74, 6) is -0.0179. The smallest absolute Gasteiger partial charge is 0.273 e. The lowest BCUT2D eigenvalue weighted by atomic mass is 10.2. The molecule has 20 heavy (non-hydrogen) atoms. The zero-order chi connectivity index (χ0) is 14.3. The van der Waals surface area contributed by atoms with E-state index in [1.807, 2.05) is 0 Å². The van der Waals surface area contributed by atoms with Crippen molar-refractivity contribution < 1.29 is 10.0 Å². The van der Waals surface area contributed by atoms with E-state index in [2.05, 4.69) is 0 Å². The summed E-state index contributed by atoms with van der Waals surface area (Å²) in [5, 5.41) is 20.8. The van der Waals surface area contributed by atoms with E-state index >= 15 is 0 Å². The molecule has 7 heteroatoms. The molecule has 1 aromatic heterocycles. The molecular formula is C13H8N2O4S. The molecule has 1 heterocycles. The minimum atomic E-state index is -0.541. The summed E-state index contributed by atoms with van der Waals surface area (Å²) in [7, 11) is 0. The Morgan fingerprint density at radius 3 is 2.65 bits per heavy atom. The molecule has 3 rings (SSSR count). The summed E-state index contributed by atoms with van der Waals surface area (Å²) < 4.78 is 1.95. The van der Waals surface area contributed by atoms with E-state index in [1.54, 1.807) is 18.2 Å². The van der Waals surface area contributed by atoms with Gasteiger partial charge in [0.15, 0.2) is 0 Å². The Labute approximate surface area is 116 Å². The first-order valence-electron chi connectivity index (χ1n) is 5.67. The molecule has 6 nitrogen and oxygen atoms in total. The van der Waals surface area contributed by atoms with Gasteiger partial charge in [0, 0.05) is 12.1 Å². The van der Waals surface area contributed by atoms with Gasteiger partial charge in [0.2, 0.25) is 0 Å². The third-order valence-electron chi connectivity index (χ3n) is 2.88. The maximum Gasteiger partial charge on any atom is 0.273 e. The van der Waals surface area contributed by atoms with Gasteiger partial charge in [-0.2, -0.15) is 0 Å². The highest BCUT2D eigenvalue weighted by Crippen LogP contribution is 2.27. The number of phenols is 1. The van der Waals surface area contributed by atoms with Crippen LogP contribution in [-0.2, 0) is 0 Å². The lowest BCUT2D eigenvalue weighted by molar-refractivity contribution is -0.384. The largest absolute Gasteiger partial charge is 0.506 e. The third-order valence-corrected chi connectivity index (χ3v) is 3.98. The molecule has 0 amide bonds. The van der Waals surface area contributed by atoms with Crippen molar-refractivity contribution in [1.29, 1.82) is 0 Å². The molecular weight excluding hydrogens is 280 g/mol. The summed E-state index contributed by atoms with van der Waals surface area (Å²) in [6.07, 6.45) is 0. The van der Waals surface area contributed by atoms with E-state index in [-0.39, 0.29) is 22.4 Å². The first-order chi connectivity index (χ1) is 9.58. The molecule has 100 valence electrons. The van der Waals surface area contributed by atoms with E-state index < -0.39 is 4.92 Å². The zero-order valence-electron chi connectivity index (χ0n) is 10.0. The lowest BCUT2D eigenvalue weighted by Crippen LogP contribution is -2.10. The number of hydrogen-bond donors (Lipinski definition) is 1. The van der Waals surface area contributed by atoms with Crippen LogP contribution in [0.15, 0.2) is 47.3 Å². The maximum absolute atomic E-state index is 12.3. The predicted molar refractivity (Wildman–Crippen MR) is 75.7 cm³/mol. The van der Waals surface area contributed by atoms with Crippen LogP contribution < -0.4 is 5.56 Å². The molecule has 0 bridgehead atoms. The molecule has 0 aliphatic heterocycles. The van der Waals surface area contributed by atoms with Gasteiger partial charge < -0.3 is 5.11 Å². The Hall–Kier alpha value is -2.67. The Kier molecular flexibility index (Phi) is 2.76. The number of aromatic nitrogens is 1. The average Bonchev–Trinajstić information content (AvgIpc) is 2.76. The van der Waals surface area contributed by atoms with E-state index in [1.165, 1.54) is 28.2 Å². The van der Waals surface area contributed by atoms with Gasteiger partial charge in [-0.1, -0.05) is 23.7 Å². The van der Waals surface area contributed by atoms with Crippen molar-refractivity contribution in [2.24, 2.45) is 0 Å². The van der Waals surface area contributed by atoms with Gasteiger partial charge in [0.05, 0.1) is 15.0 Å². The first kappa shape index (κ1) is 12.4. The zero-order valence-corrected chi connectivity index (χ0v) is 10.8. The van der Waals surface area contributed by atoms with E-state index in [4.69, 9.17) is 0 Å². The molecule has 0 fully saturated rings. The van der Waals surface area contributed by atoms with Crippen LogP contribution in [-0.4, -0.2) is 14.0 Å². The number of nitro benzene ring substituents is 1. The van der Waals surface area contributed by atoms with Gasteiger partial charge >= 0.3 is 0 Å². The molecule has 0 radical (unpaired) electrons. The Bertz CT molecular complexity index is 881. The highest BCUT2D eigenvalue weighted by atomic mass is 32.1. The molecule has 0 unspecified atom stereocenters. The summed E-state index contributed by atoms with van der Waals surface area (Å²) >= 11 is 1.13. The van der Waals surface area contributed by atoms with Crippen LogP contribution >= 0.6 is 11.5 Å². The summed E-state index contributed by atoms with van der Waals surface area (Å²) in [6, 6.07) is 10.6. The van der Waals surface area contributed by atoms with Crippen molar-refractivity contribution in [3.63, 3.8) is 0 Å². The fourth-order valence-corrected chi connectivity index (χ4v) is 2.93. The number of non-ortho nitro benzene ring substituents is 1. The van der Waals surface area contributed by atoms with Gasteiger partial charge in [-0.05, 0) is 18.2 Å². The predicted octanol–water partition coefficient (Wildman–Crippen LogP) is 2.67. The third kappa shape index (κ3) is 1.84.